The van der Waals surface area contributed by atoms with Crippen LogP contribution in [-0.4, -0.2) is 185 Å². The fourth-order valence-electron chi connectivity index (χ4n) is 9.97. The largest absolute Gasteiger partial charge is 0.416 e. The van der Waals surface area contributed by atoms with Crippen LogP contribution >= 0.6 is 24.0 Å². The molecule has 5 heterocycles. The molecule has 0 radical (unpaired) electrons. The fourth-order valence-corrected chi connectivity index (χ4v) is 10.2. The van der Waals surface area contributed by atoms with Crippen molar-refractivity contribution in [3.8, 4) is 0 Å². The number of benzene rings is 4. The first-order valence-electron chi connectivity index (χ1n) is 27.1. The van der Waals surface area contributed by atoms with Crippen LogP contribution in [0.15, 0.2) is 84.9 Å². The Bertz CT molecular complexity index is 2850. The summed E-state index contributed by atoms with van der Waals surface area (Å²) >= 11 is 5.55. The lowest BCUT2D eigenvalue weighted by molar-refractivity contribution is -0.144. The van der Waals surface area contributed by atoms with Gasteiger partial charge in [-0.05, 0) is 82.9 Å². The third kappa shape index (κ3) is 19.0. The van der Waals surface area contributed by atoms with Crippen molar-refractivity contribution in [1.82, 2.24) is 35.1 Å². The molecule has 3 atom stereocenters. The number of hydrogen-bond donors (Lipinski definition) is 3. The lowest BCUT2D eigenvalue weighted by Crippen LogP contribution is -2.51. The second-order valence-corrected chi connectivity index (χ2v) is 21.0. The van der Waals surface area contributed by atoms with Gasteiger partial charge in [-0.3, -0.25) is 29.3 Å². The number of imide groups is 1. The maximum Gasteiger partial charge on any atom is 0.416 e. The summed E-state index contributed by atoms with van der Waals surface area (Å²) in [5, 5.41) is 16.4. The molecule has 0 saturated carbocycles. The van der Waals surface area contributed by atoms with Crippen molar-refractivity contribution in [3.63, 3.8) is 0 Å². The molecule has 4 aromatic rings. The fraction of sp³-hybridized carbons (Fsp3) is 0.518. The summed E-state index contributed by atoms with van der Waals surface area (Å²) in [5.41, 5.74) is -10.0. The third-order valence-electron chi connectivity index (χ3n) is 14.7. The number of morpholine rings is 3. The van der Waals surface area contributed by atoms with Crippen LogP contribution in [0.5, 0.6) is 0 Å². The van der Waals surface area contributed by atoms with E-state index in [0.717, 1.165) is 72.8 Å². The number of rotatable bonds is 18. The number of halogens is 16. The second kappa shape index (κ2) is 30.9. The molecule has 5 aliphatic heterocycles. The normalized spacial score (nSPS) is 21.7. The van der Waals surface area contributed by atoms with Crippen molar-refractivity contribution < 1.29 is 105 Å². The van der Waals surface area contributed by atoms with E-state index in [1.807, 2.05) is 9.80 Å². The molecule has 9 rings (SSSR count). The van der Waals surface area contributed by atoms with Crippen molar-refractivity contribution in [2.24, 2.45) is 0 Å². The molecule has 5 fully saturated rings. The number of hydrogen-bond acceptors (Lipinski definition) is 12. The van der Waals surface area contributed by atoms with Gasteiger partial charge in [0.25, 0.3) is 5.91 Å². The molecule has 3 N–H and O–H groups in total. The Labute approximate surface area is 507 Å². The van der Waals surface area contributed by atoms with Crippen molar-refractivity contribution in [3.05, 3.63) is 141 Å². The van der Waals surface area contributed by atoms with Gasteiger partial charge in [-0.1, -0.05) is 24.3 Å². The number of nitrogens with one attached hydrogen (secondary N) is 2. The molecule has 32 heteroatoms. The summed E-state index contributed by atoms with van der Waals surface area (Å²) in [6, 6.07) is 10.1. The number of aliphatic hydroxyl groups is 1. The Morgan fingerprint density at radius 2 is 0.886 bits per heavy atom. The first-order valence-corrected chi connectivity index (χ1v) is 27.7. The summed E-state index contributed by atoms with van der Waals surface area (Å²) in [4.78, 5) is 47.7. The molecular weight excluding hydrogens is 1250 g/mol. The zero-order valence-corrected chi connectivity index (χ0v) is 48.3. The van der Waals surface area contributed by atoms with Crippen molar-refractivity contribution in [2.45, 2.75) is 55.2 Å². The summed E-state index contributed by atoms with van der Waals surface area (Å²) in [5.74, 6) is -1.23. The molecule has 16 nitrogen and oxygen atoms in total. The number of ether oxygens (including phenoxy) is 5. The van der Waals surface area contributed by atoms with Crippen molar-refractivity contribution in [2.75, 3.05) is 131 Å². The Morgan fingerprint density at radius 3 is 1.28 bits per heavy atom. The second-order valence-electron chi connectivity index (χ2n) is 20.6. The minimum Gasteiger partial charge on any atom is -0.379 e. The molecule has 0 aromatic heterocycles. The Kier molecular flexibility index (Phi) is 25.1. The molecule has 5 saturated heterocycles. The molecule has 4 aromatic carbocycles. The monoisotopic (exact) mass is 1310 g/mol. The molecule has 88 heavy (non-hydrogen) atoms. The van der Waals surface area contributed by atoms with Gasteiger partial charge in [-0.25, -0.2) is 18.4 Å². The van der Waals surface area contributed by atoms with E-state index in [0.29, 0.717) is 90.0 Å². The highest BCUT2D eigenvalue weighted by Crippen LogP contribution is 2.40. The summed E-state index contributed by atoms with van der Waals surface area (Å²) < 4.78 is 213. The van der Waals surface area contributed by atoms with Gasteiger partial charge in [-0.2, -0.15) is 52.7 Å². The highest BCUT2D eigenvalue weighted by atomic mass is 35.5. The van der Waals surface area contributed by atoms with Crippen LogP contribution < -0.4 is 10.6 Å². The first-order chi connectivity index (χ1) is 41.0. The van der Waals surface area contributed by atoms with Gasteiger partial charge in [-0.15, -0.1) is 24.0 Å². The molecular formula is C56H63Cl2F14N7O9. The van der Waals surface area contributed by atoms with E-state index in [1.165, 1.54) is 24.3 Å². The average molecular weight is 1320 g/mol. The van der Waals surface area contributed by atoms with Gasteiger partial charge >= 0.3 is 36.8 Å². The predicted octanol–water partition coefficient (Wildman–Crippen LogP) is 9.09. The third-order valence-corrected chi connectivity index (χ3v) is 14.9. The van der Waals surface area contributed by atoms with E-state index in [2.05, 4.69) is 15.5 Å². The van der Waals surface area contributed by atoms with Crippen LogP contribution in [0.4, 0.5) is 71.1 Å². The van der Waals surface area contributed by atoms with Gasteiger partial charge in [0.05, 0.1) is 88.3 Å². The molecule has 3 unspecified atom stereocenters. The lowest BCUT2D eigenvalue weighted by atomic mass is 9.89. The van der Waals surface area contributed by atoms with Gasteiger partial charge < -0.3 is 39.4 Å². The van der Waals surface area contributed by atoms with Crippen molar-refractivity contribution >= 4 is 42.0 Å². The number of nitrogens with zero attached hydrogens (tertiary/aromatic N) is 5. The van der Waals surface area contributed by atoms with Crippen LogP contribution in [0.25, 0.3) is 0 Å². The van der Waals surface area contributed by atoms with Gasteiger partial charge in [0.15, 0.2) is 11.8 Å². The highest BCUT2D eigenvalue weighted by molar-refractivity contribution is 6.18. The van der Waals surface area contributed by atoms with Crippen LogP contribution in [-0.2, 0) is 77.5 Å². The smallest absolute Gasteiger partial charge is 0.379 e. The van der Waals surface area contributed by atoms with Crippen LogP contribution in [0.2, 0.25) is 0 Å². The molecule has 0 bridgehead atoms. The summed E-state index contributed by atoms with van der Waals surface area (Å²) in [6.45, 7) is 7.67. The lowest BCUT2D eigenvalue weighted by Gasteiger charge is -2.34. The molecule has 488 valence electrons. The van der Waals surface area contributed by atoms with Crippen LogP contribution in [0.3, 0.4) is 0 Å². The van der Waals surface area contributed by atoms with Gasteiger partial charge in [0, 0.05) is 77.9 Å². The van der Waals surface area contributed by atoms with E-state index < -0.39 is 131 Å². The number of amides is 5. The zero-order valence-electron chi connectivity index (χ0n) is 46.7. The predicted molar refractivity (Wildman–Crippen MR) is 290 cm³/mol. The first kappa shape index (κ1) is 71.4. The van der Waals surface area contributed by atoms with Gasteiger partial charge in [0.2, 0.25) is 0 Å². The topological polar surface area (TPSA) is 158 Å². The molecule has 0 spiro atoms. The Hall–Kier alpha value is -5.67. The van der Waals surface area contributed by atoms with Gasteiger partial charge in [0.1, 0.15) is 17.2 Å². The maximum atomic E-state index is 13.6. The van der Waals surface area contributed by atoms with E-state index in [1.54, 1.807) is 0 Å². The molecule has 5 aliphatic rings. The summed E-state index contributed by atoms with van der Waals surface area (Å²) in [7, 11) is 0. The van der Waals surface area contributed by atoms with E-state index in [-0.39, 0.29) is 48.8 Å². The average Bonchev–Trinajstić information content (AvgIpc) is 1.63. The van der Waals surface area contributed by atoms with E-state index in [9.17, 15) is 81.0 Å². The quantitative estimate of drug-likeness (QED) is 0.0494. The minimum atomic E-state index is -5.04. The van der Waals surface area contributed by atoms with E-state index >= 15 is 0 Å². The summed E-state index contributed by atoms with van der Waals surface area (Å²) in [6.07, 6.45) is -21.7. The SMILES string of the molecule is Cl.ClCCN1CCOCC1.O=C1NC(COCc2cc(C(F)(F)F)cc(C(F)(F)F)c2)(c2ccc(F)cc2)C(=O)N1CCN1CCOCC1.O=C1NC(COCc2cc(C(F)(F)F)cc(C(F)(F)F)c2)(c2ccc(F)cc2)C(O)N1CCN1CCOCC1. The Morgan fingerprint density at radius 1 is 0.511 bits per heavy atom. The minimum absolute atomic E-state index is 0. The number of aliphatic hydroxyl groups excluding tert-OH is 1. The maximum absolute atomic E-state index is 13.6. The van der Waals surface area contributed by atoms with Crippen molar-refractivity contribution in [1.29, 1.82) is 0 Å². The number of carbonyl (C=O) groups excluding carboxylic acids is 3. The standard InChI is InChI=1S/C25H26F7N3O4.C25H24F7N3O4.C6H12ClNO.ClH/c2*26-20-3-1-17(2-4-20)23(21(36)35(22(37)33-23)6-5-34-7-9-38-10-8-34)15-39-14-16-11-18(24(27,28)29)13-19(12-16)25(30,31)32;7-1-2-8-3-5-9-6-4-8;/h1-4,11-13,21,36H,5-10,14-15H2,(H,33,37);1-4,11-13H,5-10,14-15H2,(H,33,37);1-6H2;1H. The van der Waals surface area contributed by atoms with E-state index in [4.69, 9.17) is 35.3 Å². The number of urea groups is 2. The number of carbonyl (C=O) groups is 3. The van der Waals surface area contributed by atoms with Crippen LogP contribution in [0, 0.1) is 11.6 Å². The zero-order chi connectivity index (χ0) is 63.4. The highest BCUT2D eigenvalue weighted by Gasteiger charge is 2.54. The molecule has 0 aliphatic carbocycles. The molecule has 5 amide bonds. The Balaban J connectivity index is 0.000000243. The van der Waals surface area contributed by atoms with Crippen LogP contribution in [0.1, 0.15) is 44.5 Å². The number of alkyl halides is 13.